The minimum Gasteiger partial charge on any atom is -0.338 e. The summed E-state index contributed by atoms with van der Waals surface area (Å²) in [5, 5.41) is 0. The predicted molar refractivity (Wildman–Crippen MR) is 57.1 cm³/mol. The Kier molecular flexibility index (Phi) is 4.85. The maximum atomic E-state index is 5.89. The lowest BCUT2D eigenvalue weighted by molar-refractivity contribution is -0.300. The summed E-state index contributed by atoms with van der Waals surface area (Å²) in [7, 11) is 0. The van der Waals surface area contributed by atoms with Crippen LogP contribution in [0.5, 0.6) is 0 Å². The van der Waals surface area contributed by atoms with Gasteiger partial charge in [-0.2, -0.15) is 0 Å². The molecule has 14 heavy (non-hydrogen) atoms. The number of hydrogen-bond acceptors (Lipinski definition) is 3. The molecule has 1 unspecified atom stereocenters. The summed E-state index contributed by atoms with van der Waals surface area (Å²) >= 11 is 0. The van der Waals surface area contributed by atoms with Gasteiger partial charge in [0.05, 0.1) is 6.61 Å². The molecule has 1 aliphatic heterocycles. The minimum absolute atomic E-state index is 0.403. The van der Waals surface area contributed by atoms with Crippen LogP contribution in [0, 0.1) is 0 Å². The number of likely N-dealkylation sites (tertiary alicyclic amines) is 1. The van der Waals surface area contributed by atoms with Crippen LogP contribution in [0.4, 0.5) is 0 Å². The third-order valence-corrected chi connectivity index (χ3v) is 2.69. The summed E-state index contributed by atoms with van der Waals surface area (Å²) in [5.41, 5.74) is 0. The van der Waals surface area contributed by atoms with Gasteiger partial charge in [0.15, 0.2) is 0 Å². The fraction of sp³-hybridized carbons (Fsp3) is 1.00. The maximum Gasteiger partial charge on any atom is 0.229 e. The highest BCUT2D eigenvalue weighted by atomic mass is 16.7. The van der Waals surface area contributed by atoms with Crippen molar-refractivity contribution in [3.05, 3.63) is 0 Å². The molecular formula is C11H23NO2. The van der Waals surface area contributed by atoms with Crippen molar-refractivity contribution >= 4 is 0 Å². The smallest absolute Gasteiger partial charge is 0.229 e. The zero-order chi connectivity index (χ0) is 10.4. The summed E-state index contributed by atoms with van der Waals surface area (Å²) < 4.78 is 11.7. The van der Waals surface area contributed by atoms with Gasteiger partial charge in [-0.15, -0.1) is 0 Å². The van der Waals surface area contributed by atoms with Crippen molar-refractivity contribution in [1.29, 1.82) is 0 Å². The van der Waals surface area contributed by atoms with Crippen LogP contribution in [-0.4, -0.2) is 37.1 Å². The van der Waals surface area contributed by atoms with Crippen molar-refractivity contribution in [2.45, 2.75) is 45.9 Å². The van der Waals surface area contributed by atoms with E-state index in [1.807, 2.05) is 6.92 Å². The molecule has 1 aliphatic rings. The lowest BCUT2D eigenvalue weighted by Gasteiger charge is -2.36. The zero-order valence-electron chi connectivity index (χ0n) is 9.71. The highest BCUT2D eigenvalue weighted by Crippen LogP contribution is 2.31. The van der Waals surface area contributed by atoms with Crippen molar-refractivity contribution in [1.82, 2.24) is 4.90 Å². The Labute approximate surface area is 87.4 Å². The van der Waals surface area contributed by atoms with Crippen molar-refractivity contribution in [3.63, 3.8) is 0 Å². The summed E-state index contributed by atoms with van der Waals surface area (Å²) in [5.74, 6) is -0.403. The van der Waals surface area contributed by atoms with E-state index < -0.39 is 5.91 Å². The van der Waals surface area contributed by atoms with Gasteiger partial charge in [-0.3, -0.25) is 4.90 Å². The van der Waals surface area contributed by atoms with Gasteiger partial charge in [-0.1, -0.05) is 13.8 Å². The number of rotatable bonds is 6. The molecule has 0 amide bonds. The summed E-state index contributed by atoms with van der Waals surface area (Å²) in [6, 6.07) is 0. The topological polar surface area (TPSA) is 21.7 Å². The molecule has 0 aromatic carbocycles. The molecule has 0 spiro atoms. The minimum atomic E-state index is -0.403. The van der Waals surface area contributed by atoms with Gasteiger partial charge in [0.1, 0.15) is 0 Å². The fourth-order valence-electron chi connectivity index (χ4n) is 2.08. The van der Waals surface area contributed by atoms with E-state index in [0.29, 0.717) is 0 Å². The van der Waals surface area contributed by atoms with Crippen LogP contribution in [0.25, 0.3) is 0 Å². The molecule has 0 bridgehead atoms. The monoisotopic (exact) mass is 201 g/mol. The van der Waals surface area contributed by atoms with E-state index in [2.05, 4.69) is 18.7 Å². The Morgan fingerprint density at radius 1 is 1.21 bits per heavy atom. The van der Waals surface area contributed by atoms with E-state index in [0.717, 1.165) is 39.1 Å². The molecule has 1 fully saturated rings. The Morgan fingerprint density at radius 3 is 2.57 bits per heavy atom. The number of hydrogen-bond donors (Lipinski definition) is 0. The van der Waals surface area contributed by atoms with Gasteiger partial charge >= 0.3 is 0 Å². The van der Waals surface area contributed by atoms with Gasteiger partial charge in [-0.25, -0.2) is 0 Å². The van der Waals surface area contributed by atoms with Crippen molar-refractivity contribution in [2.75, 3.05) is 26.3 Å². The van der Waals surface area contributed by atoms with Gasteiger partial charge in [-0.05, 0) is 19.8 Å². The molecule has 0 aliphatic carbocycles. The highest BCUT2D eigenvalue weighted by Gasteiger charge is 2.41. The molecule has 0 N–H and O–H groups in total. The normalized spacial score (nSPS) is 28.5. The molecular weight excluding hydrogens is 178 g/mol. The second-order valence-electron chi connectivity index (χ2n) is 3.68. The standard InChI is InChI=1S/C11H23NO2/c1-4-10-14-11(13-6-3)8-7-9-12(11)5-2/h4-10H2,1-3H3. The van der Waals surface area contributed by atoms with Crippen LogP contribution in [0.15, 0.2) is 0 Å². The Morgan fingerprint density at radius 2 is 2.00 bits per heavy atom. The number of nitrogens with zero attached hydrogens (tertiary/aromatic N) is 1. The van der Waals surface area contributed by atoms with Gasteiger partial charge in [0, 0.05) is 26.1 Å². The first-order chi connectivity index (χ1) is 6.79. The average molecular weight is 201 g/mol. The predicted octanol–water partition coefficient (Wildman–Crippen LogP) is 2.22. The first kappa shape index (κ1) is 12.0. The molecule has 1 heterocycles. The molecule has 1 atom stereocenters. The van der Waals surface area contributed by atoms with Gasteiger partial charge < -0.3 is 9.47 Å². The second-order valence-corrected chi connectivity index (χ2v) is 3.68. The van der Waals surface area contributed by atoms with E-state index in [1.165, 1.54) is 6.42 Å². The van der Waals surface area contributed by atoms with Crippen LogP contribution in [0.3, 0.4) is 0 Å². The first-order valence-electron chi connectivity index (χ1n) is 5.82. The van der Waals surface area contributed by atoms with E-state index in [-0.39, 0.29) is 0 Å². The van der Waals surface area contributed by atoms with Gasteiger partial charge in [0.2, 0.25) is 5.91 Å². The molecule has 3 nitrogen and oxygen atoms in total. The highest BCUT2D eigenvalue weighted by molar-refractivity contribution is 4.79. The fourth-order valence-corrected chi connectivity index (χ4v) is 2.08. The summed E-state index contributed by atoms with van der Waals surface area (Å²) in [4.78, 5) is 2.30. The SMILES string of the molecule is CCCOC1(OCC)CCCN1CC. The van der Waals surface area contributed by atoms with E-state index in [9.17, 15) is 0 Å². The Hall–Kier alpha value is -0.120. The Bertz CT molecular complexity index is 163. The summed E-state index contributed by atoms with van der Waals surface area (Å²) in [6.45, 7) is 9.93. The average Bonchev–Trinajstić information content (AvgIpc) is 2.59. The summed E-state index contributed by atoms with van der Waals surface area (Å²) in [6.07, 6.45) is 3.23. The zero-order valence-corrected chi connectivity index (χ0v) is 9.71. The van der Waals surface area contributed by atoms with Crippen LogP contribution in [0.1, 0.15) is 40.0 Å². The second kappa shape index (κ2) is 5.69. The third-order valence-electron chi connectivity index (χ3n) is 2.69. The molecule has 0 saturated carbocycles. The first-order valence-corrected chi connectivity index (χ1v) is 5.82. The van der Waals surface area contributed by atoms with Gasteiger partial charge in [0.25, 0.3) is 0 Å². The molecule has 0 aromatic rings. The third kappa shape index (κ3) is 2.47. The molecule has 1 rings (SSSR count). The van der Waals surface area contributed by atoms with E-state index in [1.54, 1.807) is 0 Å². The van der Waals surface area contributed by atoms with E-state index >= 15 is 0 Å². The van der Waals surface area contributed by atoms with Crippen LogP contribution < -0.4 is 0 Å². The largest absolute Gasteiger partial charge is 0.338 e. The number of ether oxygens (including phenoxy) is 2. The lowest BCUT2D eigenvalue weighted by atomic mass is 10.3. The Balaban J connectivity index is 2.58. The van der Waals surface area contributed by atoms with Crippen LogP contribution >= 0.6 is 0 Å². The molecule has 0 radical (unpaired) electrons. The molecule has 0 aromatic heterocycles. The van der Waals surface area contributed by atoms with Crippen LogP contribution in [-0.2, 0) is 9.47 Å². The molecule has 3 heteroatoms. The lowest BCUT2D eigenvalue weighted by Crippen LogP contribution is -2.48. The quantitative estimate of drug-likeness (QED) is 0.615. The maximum absolute atomic E-state index is 5.89. The van der Waals surface area contributed by atoms with Crippen molar-refractivity contribution in [3.8, 4) is 0 Å². The molecule has 1 saturated heterocycles. The van der Waals surface area contributed by atoms with Crippen molar-refractivity contribution < 1.29 is 9.47 Å². The molecule has 84 valence electrons. The van der Waals surface area contributed by atoms with Crippen LogP contribution in [0.2, 0.25) is 0 Å². The van der Waals surface area contributed by atoms with E-state index in [4.69, 9.17) is 9.47 Å². The van der Waals surface area contributed by atoms with Crippen molar-refractivity contribution in [2.24, 2.45) is 0 Å².